The van der Waals surface area contributed by atoms with Gasteiger partial charge in [0.1, 0.15) is 11.6 Å². The molecular formula is C26H28ClFN4O. The molecule has 7 heteroatoms. The molecule has 0 saturated carbocycles. The summed E-state index contributed by atoms with van der Waals surface area (Å²) < 4.78 is 13.2. The minimum atomic E-state index is -0.207. The van der Waals surface area contributed by atoms with E-state index in [2.05, 4.69) is 27.0 Å². The zero-order valence-electron chi connectivity index (χ0n) is 18.9. The van der Waals surface area contributed by atoms with Gasteiger partial charge in [0, 0.05) is 55.5 Å². The van der Waals surface area contributed by atoms with Gasteiger partial charge in [-0.1, -0.05) is 29.8 Å². The minimum absolute atomic E-state index is 0.142. The minimum Gasteiger partial charge on any atom is -0.354 e. The summed E-state index contributed by atoms with van der Waals surface area (Å²) in [5.74, 6) is 0.562. The van der Waals surface area contributed by atoms with Crippen molar-refractivity contribution in [3.63, 3.8) is 0 Å². The molecule has 1 aromatic heterocycles. The molecule has 1 unspecified atom stereocenters. The van der Waals surface area contributed by atoms with Crippen LogP contribution >= 0.6 is 11.6 Å². The average Bonchev–Trinajstić information content (AvgIpc) is 2.82. The molecule has 1 N–H and O–H groups in total. The van der Waals surface area contributed by atoms with Crippen LogP contribution in [0.15, 0.2) is 60.8 Å². The maximum absolute atomic E-state index is 13.2. The van der Waals surface area contributed by atoms with E-state index in [0.29, 0.717) is 23.2 Å². The topological polar surface area (TPSA) is 48.5 Å². The Hall–Kier alpha value is -2.96. The van der Waals surface area contributed by atoms with Crippen molar-refractivity contribution in [1.82, 2.24) is 15.2 Å². The van der Waals surface area contributed by atoms with Crippen molar-refractivity contribution in [2.24, 2.45) is 0 Å². The Morgan fingerprint density at radius 2 is 1.94 bits per heavy atom. The van der Waals surface area contributed by atoms with Crippen molar-refractivity contribution in [2.75, 3.05) is 24.5 Å². The lowest BCUT2D eigenvalue weighted by molar-refractivity contribution is 0.0950. The summed E-state index contributed by atoms with van der Waals surface area (Å²) in [6.45, 7) is 7.88. The first-order valence-corrected chi connectivity index (χ1v) is 11.5. The molecule has 1 atom stereocenters. The quantitative estimate of drug-likeness (QED) is 0.565. The molecule has 2 heterocycles. The third-order valence-corrected chi connectivity index (χ3v) is 6.57. The number of piperazine rings is 1. The zero-order chi connectivity index (χ0) is 23.4. The van der Waals surface area contributed by atoms with Gasteiger partial charge in [-0.15, -0.1) is 0 Å². The first kappa shape index (κ1) is 23.2. The largest absolute Gasteiger partial charge is 0.354 e. The molecule has 0 bridgehead atoms. The number of nitrogens with one attached hydrogen (secondary N) is 1. The third kappa shape index (κ3) is 5.70. The van der Waals surface area contributed by atoms with E-state index in [1.54, 1.807) is 24.4 Å². The molecule has 1 aliphatic rings. The summed E-state index contributed by atoms with van der Waals surface area (Å²) in [7, 11) is 0. The normalized spacial score (nSPS) is 16.6. The SMILES string of the molecule is Cc1c(Cl)cccc1C(=O)NCc1ccnc(N2CCN(Cc3ccc(F)cc3)C(C)C2)c1. The van der Waals surface area contributed by atoms with Crippen LogP contribution in [-0.4, -0.2) is 41.5 Å². The highest BCUT2D eigenvalue weighted by molar-refractivity contribution is 6.31. The lowest BCUT2D eigenvalue weighted by Crippen LogP contribution is -2.51. The standard InChI is InChI=1S/C26H28ClFN4O/c1-18-16-32(13-12-31(18)17-20-6-8-22(28)9-7-20)25-14-21(10-11-29-25)15-30-26(33)23-4-3-5-24(27)19(23)2/h3-11,14,18H,12-13,15-17H2,1-2H3,(H,30,33). The second-order valence-electron chi connectivity index (χ2n) is 8.51. The molecule has 4 rings (SSSR count). The highest BCUT2D eigenvalue weighted by atomic mass is 35.5. The van der Waals surface area contributed by atoms with Gasteiger partial charge in [0.2, 0.25) is 0 Å². The van der Waals surface area contributed by atoms with Crippen LogP contribution in [0.5, 0.6) is 0 Å². The summed E-state index contributed by atoms with van der Waals surface area (Å²) in [4.78, 5) is 21.8. The van der Waals surface area contributed by atoms with Gasteiger partial charge in [-0.25, -0.2) is 9.37 Å². The highest BCUT2D eigenvalue weighted by Gasteiger charge is 2.24. The van der Waals surface area contributed by atoms with E-state index in [-0.39, 0.29) is 11.7 Å². The molecule has 3 aromatic rings. The van der Waals surface area contributed by atoms with Crippen LogP contribution in [0.2, 0.25) is 5.02 Å². The molecule has 172 valence electrons. The van der Waals surface area contributed by atoms with Crippen LogP contribution in [0.4, 0.5) is 10.2 Å². The maximum atomic E-state index is 13.2. The number of hydrogen-bond donors (Lipinski definition) is 1. The smallest absolute Gasteiger partial charge is 0.251 e. The van der Waals surface area contributed by atoms with Gasteiger partial charge >= 0.3 is 0 Å². The molecular weight excluding hydrogens is 439 g/mol. The van der Waals surface area contributed by atoms with E-state index in [9.17, 15) is 9.18 Å². The van der Waals surface area contributed by atoms with Crippen LogP contribution in [0.1, 0.15) is 34.0 Å². The number of aromatic nitrogens is 1. The Balaban J connectivity index is 1.35. The van der Waals surface area contributed by atoms with Crippen LogP contribution in [-0.2, 0) is 13.1 Å². The van der Waals surface area contributed by atoms with E-state index in [0.717, 1.165) is 48.7 Å². The molecule has 0 aliphatic carbocycles. The number of anilines is 1. The predicted molar refractivity (Wildman–Crippen MR) is 130 cm³/mol. The Labute approximate surface area is 199 Å². The summed E-state index contributed by atoms with van der Waals surface area (Å²) >= 11 is 6.14. The molecule has 5 nitrogen and oxygen atoms in total. The Kier molecular flexibility index (Phi) is 7.26. The van der Waals surface area contributed by atoms with E-state index < -0.39 is 0 Å². The number of hydrogen-bond acceptors (Lipinski definition) is 4. The van der Waals surface area contributed by atoms with Crippen molar-refractivity contribution in [3.05, 3.63) is 93.9 Å². The van der Waals surface area contributed by atoms with Crippen molar-refractivity contribution in [1.29, 1.82) is 0 Å². The molecule has 1 amide bonds. The molecule has 0 radical (unpaired) electrons. The van der Waals surface area contributed by atoms with Gasteiger partial charge in [0.05, 0.1) is 0 Å². The zero-order valence-corrected chi connectivity index (χ0v) is 19.6. The Bertz CT molecular complexity index is 1120. The number of pyridine rings is 1. The first-order valence-electron chi connectivity index (χ1n) is 11.1. The van der Waals surface area contributed by atoms with Crippen LogP contribution in [0, 0.1) is 12.7 Å². The lowest BCUT2D eigenvalue weighted by Gasteiger charge is -2.40. The van der Waals surface area contributed by atoms with Crippen molar-refractivity contribution < 1.29 is 9.18 Å². The van der Waals surface area contributed by atoms with Crippen LogP contribution in [0.25, 0.3) is 0 Å². The van der Waals surface area contributed by atoms with Crippen LogP contribution in [0.3, 0.4) is 0 Å². The van der Waals surface area contributed by atoms with Gasteiger partial charge in [0.15, 0.2) is 0 Å². The number of benzene rings is 2. The Morgan fingerprint density at radius 3 is 2.70 bits per heavy atom. The number of nitrogens with zero attached hydrogens (tertiary/aromatic N) is 3. The van der Waals surface area contributed by atoms with E-state index >= 15 is 0 Å². The van der Waals surface area contributed by atoms with Gasteiger partial charge in [-0.2, -0.15) is 0 Å². The summed E-state index contributed by atoms with van der Waals surface area (Å²) in [5, 5.41) is 3.57. The van der Waals surface area contributed by atoms with E-state index in [1.807, 2.05) is 31.2 Å². The molecule has 1 saturated heterocycles. The fourth-order valence-corrected chi connectivity index (χ4v) is 4.31. The first-order chi connectivity index (χ1) is 15.9. The molecule has 2 aromatic carbocycles. The van der Waals surface area contributed by atoms with Crippen molar-refractivity contribution in [3.8, 4) is 0 Å². The highest BCUT2D eigenvalue weighted by Crippen LogP contribution is 2.21. The average molecular weight is 467 g/mol. The molecule has 0 spiro atoms. The van der Waals surface area contributed by atoms with Crippen LogP contribution < -0.4 is 10.2 Å². The van der Waals surface area contributed by atoms with Gasteiger partial charge < -0.3 is 10.2 Å². The predicted octanol–water partition coefficient (Wildman–Crippen LogP) is 4.82. The Morgan fingerprint density at radius 1 is 1.15 bits per heavy atom. The lowest BCUT2D eigenvalue weighted by atomic mass is 10.1. The number of amides is 1. The van der Waals surface area contributed by atoms with Gasteiger partial charge in [-0.05, 0) is 66.9 Å². The number of rotatable bonds is 6. The summed E-state index contributed by atoms with van der Waals surface area (Å²) in [6.07, 6.45) is 1.79. The van der Waals surface area contributed by atoms with Gasteiger partial charge in [-0.3, -0.25) is 9.69 Å². The van der Waals surface area contributed by atoms with Crippen molar-refractivity contribution in [2.45, 2.75) is 33.0 Å². The molecule has 1 aliphatic heterocycles. The van der Waals surface area contributed by atoms with E-state index in [1.165, 1.54) is 12.1 Å². The van der Waals surface area contributed by atoms with Gasteiger partial charge in [0.25, 0.3) is 5.91 Å². The monoisotopic (exact) mass is 466 g/mol. The molecule has 33 heavy (non-hydrogen) atoms. The van der Waals surface area contributed by atoms with Crippen molar-refractivity contribution >= 4 is 23.3 Å². The second kappa shape index (κ2) is 10.3. The fraction of sp³-hybridized carbons (Fsp3) is 0.308. The number of halogens is 2. The summed E-state index contributed by atoms with van der Waals surface area (Å²) in [5.41, 5.74) is 3.47. The fourth-order valence-electron chi connectivity index (χ4n) is 4.14. The third-order valence-electron chi connectivity index (χ3n) is 6.16. The number of carbonyl (C=O) groups excluding carboxylic acids is 1. The molecule has 1 fully saturated rings. The van der Waals surface area contributed by atoms with E-state index in [4.69, 9.17) is 11.6 Å². The summed E-state index contributed by atoms with van der Waals surface area (Å²) in [6, 6.07) is 16.3. The number of carbonyl (C=O) groups is 1. The second-order valence-corrected chi connectivity index (χ2v) is 8.92. The maximum Gasteiger partial charge on any atom is 0.251 e.